The van der Waals surface area contributed by atoms with Crippen molar-refractivity contribution in [1.82, 2.24) is 5.32 Å². The highest BCUT2D eigenvalue weighted by atomic mass is 79.9. The first-order valence-corrected chi connectivity index (χ1v) is 4.68. The molecular weight excluding hydrogens is 233 g/mol. The van der Waals surface area contributed by atoms with Crippen molar-refractivity contribution < 1.29 is 14.4 Å². The van der Waals surface area contributed by atoms with Crippen LogP contribution in [0.3, 0.4) is 0 Å². The van der Waals surface area contributed by atoms with Gasteiger partial charge in [-0.1, -0.05) is 6.08 Å². The summed E-state index contributed by atoms with van der Waals surface area (Å²) in [7, 11) is -3.92. The van der Waals surface area contributed by atoms with E-state index in [1.54, 1.807) is 6.08 Å². The molecule has 3 N–H and O–H groups in total. The molecule has 11 heavy (non-hydrogen) atoms. The number of halogens is 1. The van der Waals surface area contributed by atoms with E-state index in [4.69, 9.17) is 9.79 Å². The summed E-state index contributed by atoms with van der Waals surface area (Å²) < 4.78 is 10.6. The lowest BCUT2D eigenvalue weighted by atomic mass is 10.3. The molecule has 1 aliphatic heterocycles. The fraction of sp³-hybridized carbons (Fsp3) is 0.600. The summed E-state index contributed by atoms with van der Waals surface area (Å²) in [5.74, 6) is 0. The third kappa shape index (κ3) is 3.49. The third-order valence-electron chi connectivity index (χ3n) is 1.41. The second-order valence-corrected chi connectivity index (χ2v) is 3.86. The van der Waals surface area contributed by atoms with Crippen LogP contribution in [-0.4, -0.2) is 22.9 Å². The maximum atomic E-state index is 10.6. The van der Waals surface area contributed by atoms with E-state index in [1.165, 1.54) is 0 Å². The summed E-state index contributed by atoms with van der Waals surface area (Å²) in [6.07, 6.45) is 2.02. The Labute approximate surface area is 75.6 Å². The number of nitrogens with one attached hydrogen (secondary N) is 1. The average molecular weight is 244 g/mol. The average Bonchev–Trinajstić information content (AvgIpc) is 1.88. The molecule has 4 nitrogen and oxygen atoms in total. The molecule has 1 aliphatic rings. The first kappa shape index (κ1) is 11.3. The molecule has 0 aromatic heterocycles. The van der Waals surface area contributed by atoms with Crippen LogP contribution in [0.5, 0.6) is 0 Å². The smallest absolute Gasteiger partial charge is 0.321 e. The molecule has 0 fully saturated rings. The van der Waals surface area contributed by atoms with Gasteiger partial charge < -0.3 is 15.1 Å². The Kier molecular flexibility index (Phi) is 4.51. The molecule has 0 radical (unpaired) electrons. The SMILES string of the molecule is Br.O=P(O)(O)C1=CCNCC1. The second-order valence-electron chi connectivity index (χ2n) is 2.19. The van der Waals surface area contributed by atoms with Gasteiger partial charge in [0, 0.05) is 11.9 Å². The summed E-state index contributed by atoms with van der Waals surface area (Å²) in [5.41, 5.74) is 0. The molecule has 0 saturated heterocycles. The molecule has 0 saturated carbocycles. The van der Waals surface area contributed by atoms with Crippen LogP contribution >= 0.6 is 24.6 Å². The number of rotatable bonds is 1. The molecule has 6 heteroatoms. The monoisotopic (exact) mass is 243 g/mol. The van der Waals surface area contributed by atoms with Crippen molar-refractivity contribution in [1.29, 1.82) is 0 Å². The first-order chi connectivity index (χ1) is 4.61. The Morgan fingerprint density at radius 3 is 2.45 bits per heavy atom. The van der Waals surface area contributed by atoms with Gasteiger partial charge >= 0.3 is 7.60 Å². The van der Waals surface area contributed by atoms with Crippen molar-refractivity contribution in [2.45, 2.75) is 6.42 Å². The Morgan fingerprint density at radius 2 is 2.18 bits per heavy atom. The fourth-order valence-electron chi connectivity index (χ4n) is 0.875. The van der Waals surface area contributed by atoms with Crippen LogP contribution in [0.1, 0.15) is 6.42 Å². The minimum absolute atomic E-state index is 0. The summed E-state index contributed by atoms with van der Waals surface area (Å²) in [6, 6.07) is 0. The van der Waals surface area contributed by atoms with Gasteiger partial charge in [-0.2, -0.15) is 0 Å². The van der Waals surface area contributed by atoms with Crippen LogP contribution in [0.2, 0.25) is 0 Å². The van der Waals surface area contributed by atoms with E-state index in [2.05, 4.69) is 5.32 Å². The van der Waals surface area contributed by atoms with E-state index in [1.807, 2.05) is 0 Å². The summed E-state index contributed by atoms with van der Waals surface area (Å²) in [5, 5.41) is 3.24. The largest absolute Gasteiger partial charge is 0.351 e. The Morgan fingerprint density at radius 1 is 1.55 bits per heavy atom. The predicted molar refractivity (Wildman–Crippen MR) is 47.9 cm³/mol. The number of hydrogen-bond acceptors (Lipinski definition) is 2. The first-order valence-electron chi connectivity index (χ1n) is 3.06. The zero-order valence-corrected chi connectivity index (χ0v) is 8.46. The van der Waals surface area contributed by atoms with Crippen molar-refractivity contribution in [3.63, 3.8) is 0 Å². The lowest BCUT2D eigenvalue weighted by molar-refractivity contribution is 0.379. The highest BCUT2D eigenvalue weighted by Crippen LogP contribution is 2.46. The molecule has 66 valence electrons. The van der Waals surface area contributed by atoms with Crippen LogP contribution in [-0.2, 0) is 4.57 Å². The lowest BCUT2D eigenvalue weighted by Gasteiger charge is -2.14. The molecule has 0 aromatic carbocycles. The highest BCUT2D eigenvalue weighted by molar-refractivity contribution is 8.93. The molecule has 0 aromatic rings. The highest BCUT2D eigenvalue weighted by Gasteiger charge is 2.21. The van der Waals surface area contributed by atoms with Gasteiger partial charge in [-0.05, 0) is 13.0 Å². The van der Waals surface area contributed by atoms with Crippen molar-refractivity contribution in [2.24, 2.45) is 0 Å². The molecule has 0 atom stereocenters. The molecule has 1 heterocycles. The maximum Gasteiger partial charge on any atom is 0.351 e. The van der Waals surface area contributed by atoms with Crippen LogP contribution < -0.4 is 5.32 Å². The topological polar surface area (TPSA) is 69.6 Å². The molecule has 0 unspecified atom stereocenters. The van der Waals surface area contributed by atoms with E-state index in [0.29, 0.717) is 19.5 Å². The molecule has 0 bridgehead atoms. The molecule has 0 amide bonds. The van der Waals surface area contributed by atoms with Crippen molar-refractivity contribution in [3.05, 3.63) is 11.4 Å². The van der Waals surface area contributed by atoms with Gasteiger partial charge in [-0.15, -0.1) is 17.0 Å². The van der Waals surface area contributed by atoms with Gasteiger partial charge in [-0.3, -0.25) is 4.57 Å². The standard InChI is InChI=1S/C5H10NO3P.BrH/c7-10(8,9)5-1-3-6-4-2-5;/h1,6H,2-4H2,(H2,7,8,9);1H. The van der Waals surface area contributed by atoms with E-state index in [0.717, 1.165) is 0 Å². The van der Waals surface area contributed by atoms with Gasteiger partial charge in [0.05, 0.1) is 0 Å². The predicted octanol–water partition coefficient (Wildman–Crippen LogP) is 0.619. The van der Waals surface area contributed by atoms with E-state index >= 15 is 0 Å². The zero-order chi connectivity index (χ0) is 7.61. The summed E-state index contributed by atoms with van der Waals surface area (Å²) in [4.78, 5) is 17.3. The molecular formula is C5H11BrNO3P. The quantitative estimate of drug-likeness (QED) is 0.591. The van der Waals surface area contributed by atoms with Crippen LogP contribution in [0.25, 0.3) is 0 Å². The van der Waals surface area contributed by atoms with Gasteiger partial charge in [0.15, 0.2) is 0 Å². The molecule has 0 spiro atoms. The van der Waals surface area contributed by atoms with E-state index in [9.17, 15) is 4.57 Å². The van der Waals surface area contributed by atoms with Crippen molar-refractivity contribution in [3.8, 4) is 0 Å². The Hall–Kier alpha value is 0.330. The van der Waals surface area contributed by atoms with Gasteiger partial charge in [0.1, 0.15) is 0 Å². The van der Waals surface area contributed by atoms with E-state index < -0.39 is 7.60 Å². The minimum Gasteiger partial charge on any atom is -0.321 e. The van der Waals surface area contributed by atoms with Crippen LogP contribution in [0, 0.1) is 0 Å². The zero-order valence-electron chi connectivity index (χ0n) is 5.86. The summed E-state index contributed by atoms with van der Waals surface area (Å²) >= 11 is 0. The normalized spacial score (nSPS) is 18.5. The maximum absolute atomic E-state index is 10.6. The fourth-order valence-corrected chi connectivity index (χ4v) is 1.61. The molecule has 1 rings (SSSR count). The minimum atomic E-state index is -3.92. The molecule has 0 aliphatic carbocycles. The van der Waals surface area contributed by atoms with Gasteiger partial charge in [-0.25, -0.2) is 0 Å². The number of hydrogen-bond donors (Lipinski definition) is 3. The lowest BCUT2D eigenvalue weighted by Crippen LogP contribution is -2.20. The van der Waals surface area contributed by atoms with Crippen LogP contribution in [0.4, 0.5) is 0 Å². The summed E-state index contributed by atoms with van der Waals surface area (Å²) in [6.45, 7) is 1.23. The Balaban J connectivity index is 0.000001000. The van der Waals surface area contributed by atoms with E-state index in [-0.39, 0.29) is 22.3 Å². The third-order valence-corrected chi connectivity index (χ3v) is 2.57. The van der Waals surface area contributed by atoms with Gasteiger partial charge in [0.25, 0.3) is 0 Å². The van der Waals surface area contributed by atoms with Crippen molar-refractivity contribution in [2.75, 3.05) is 13.1 Å². The second kappa shape index (κ2) is 4.38. The van der Waals surface area contributed by atoms with Crippen LogP contribution in [0.15, 0.2) is 11.4 Å². The van der Waals surface area contributed by atoms with Gasteiger partial charge in [0.2, 0.25) is 0 Å². The Bertz CT molecular complexity index is 200. The van der Waals surface area contributed by atoms with Crippen molar-refractivity contribution >= 4 is 24.6 Å².